The molecule has 0 amide bonds. The summed E-state index contributed by atoms with van der Waals surface area (Å²) in [5, 5.41) is 13.7. The van der Waals surface area contributed by atoms with E-state index in [1.807, 2.05) is 25.7 Å². The van der Waals surface area contributed by atoms with Gasteiger partial charge in [-0.1, -0.05) is 0 Å². The maximum Gasteiger partial charge on any atom is 0.0784 e. The lowest BCUT2D eigenvalue weighted by Gasteiger charge is -2.43. The van der Waals surface area contributed by atoms with Gasteiger partial charge in [-0.05, 0) is 57.9 Å². The van der Waals surface area contributed by atoms with Gasteiger partial charge in [-0.3, -0.25) is 0 Å². The quantitative estimate of drug-likeness (QED) is 0.805. The first-order chi connectivity index (χ1) is 8.08. The summed E-state index contributed by atoms with van der Waals surface area (Å²) >= 11 is 1.99. The number of hydrogen-bond acceptors (Lipinski definition) is 4. The van der Waals surface area contributed by atoms with E-state index in [1.54, 1.807) is 0 Å². The molecular formula is C13H25NO2S. The Labute approximate surface area is 109 Å². The minimum absolute atomic E-state index is 0.0806. The highest BCUT2D eigenvalue weighted by Gasteiger charge is 2.45. The maximum absolute atomic E-state index is 10.6. The van der Waals surface area contributed by atoms with Gasteiger partial charge >= 0.3 is 0 Å². The van der Waals surface area contributed by atoms with Gasteiger partial charge in [0.25, 0.3) is 0 Å². The van der Waals surface area contributed by atoms with Crippen LogP contribution in [0, 0.1) is 5.92 Å². The van der Waals surface area contributed by atoms with Gasteiger partial charge in [0.15, 0.2) is 0 Å². The van der Waals surface area contributed by atoms with E-state index in [9.17, 15) is 5.11 Å². The molecule has 100 valence electrons. The average Bonchev–Trinajstić information content (AvgIpc) is 2.75. The molecule has 0 aromatic heterocycles. The van der Waals surface area contributed by atoms with E-state index >= 15 is 0 Å². The molecule has 3 atom stereocenters. The molecular weight excluding hydrogens is 234 g/mol. The molecule has 0 aliphatic carbocycles. The van der Waals surface area contributed by atoms with Crippen molar-refractivity contribution in [3.63, 3.8) is 0 Å². The summed E-state index contributed by atoms with van der Waals surface area (Å²) in [5.41, 5.74) is -0.468. The van der Waals surface area contributed by atoms with Gasteiger partial charge in [-0.2, -0.15) is 11.8 Å². The largest absolute Gasteiger partial charge is 0.390 e. The van der Waals surface area contributed by atoms with Crippen molar-refractivity contribution in [2.24, 2.45) is 5.92 Å². The Morgan fingerprint density at radius 2 is 2.41 bits per heavy atom. The second-order valence-corrected chi connectivity index (χ2v) is 6.84. The molecule has 0 saturated carbocycles. The normalized spacial score (nSPS) is 37.2. The van der Waals surface area contributed by atoms with Gasteiger partial charge in [0.2, 0.25) is 0 Å². The van der Waals surface area contributed by atoms with Gasteiger partial charge in [0.1, 0.15) is 0 Å². The van der Waals surface area contributed by atoms with Crippen molar-refractivity contribution in [3.8, 4) is 0 Å². The molecule has 0 bridgehead atoms. The summed E-state index contributed by atoms with van der Waals surface area (Å²) in [4.78, 5) is 0. The summed E-state index contributed by atoms with van der Waals surface area (Å²) in [6.45, 7) is 3.70. The Morgan fingerprint density at radius 1 is 1.59 bits per heavy atom. The lowest BCUT2D eigenvalue weighted by molar-refractivity contribution is -0.128. The highest BCUT2D eigenvalue weighted by atomic mass is 32.2. The zero-order valence-electron chi connectivity index (χ0n) is 11.0. The van der Waals surface area contributed by atoms with Crippen LogP contribution in [0.4, 0.5) is 0 Å². The zero-order valence-corrected chi connectivity index (χ0v) is 11.8. The van der Waals surface area contributed by atoms with Gasteiger partial charge in [-0.15, -0.1) is 0 Å². The van der Waals surface area contributed by atoms with Crippen molar-refractivity contribution in [1.82, 2.24) is 5.32 Å². The molecule has 2 aliphatic rings. The Morgan fingerprint density at radius 3 is 3.06 bits per heavy atom. The van der Waals surface area contributed by atoms with E-state index in [1.165, 1.54) is 5.75 Å². The average molecular weight is 259 g/mol. The molecule has 4 heteroatoms. The fourth-order valence-electron chi connectivity index (χ4n) is 3.00. The van der Waals surface area contributed by atoms with Crippen LogP contribution in [0.2, 0.25) is 0 Å². The van der Waals surface area contributed by atoms with Crippen molar-refractivity contribution in [2.45, 2.75) is 43.8 Å². The van der Waals surface area contributed by atoms with E-state index in [0.717, 1.165) is 44.6 Å². The van der Waals surface area contributed by atoms with Crippen molar-refractivity contribution < 1.29 is 9.84 Å². The molecule has 2 aliphatic heterocycles. The monoisotopic (exact) mass is 259 g/mol. The van der Waals surface area contributed by atoms with Crippen molar-refractivity contribution in [2.75, 3.05) is 31.7 Å². The van der Waals surface area contributed by atoms with Gasteiger partial charge in [0.05, 0.1) is 11.2 Å². The van der Waals surface area contributed by atoms with Crippen LogP contribution >= 0.6 is 11.8 Å². The number of ether oxygens (including phenoxy) is 1. The Bertz CT molecular complexity index is 252. The van der Waals surface area contributed by atoms with E-state index in [0.29, 0.717) is 5.92 Å². The van der Waals surface area contributed by atoms with Gasteiger partial charge in [-0.25, -0.2) is 0 Å². The minimum atomic E-state index is -0.549. The third kappa shape index (κ3) is 3.16. The number of thioether (sulfide) groups is 1. The van der Waals surface area contributed by atoms with E-state index in [-0.39, 0.29) is 5.60 Å². The standard InChI is InChI=1S/C13H25NO2S/c1-12(15,4-6-14-2)11-3-7-16-13(9-11)5-8-17-10-13/h11,14-15H,3-10H2,1-2H3. The van der Waals surface area contributed by atoms with Crippen LogP contribution in [0.1, 0.15) is 32.6 Å². The number of aliphatic hydroxyl groups is 1. The molecule has 2 rings (SSSR count). The van der Waals surface area contributed by atoms with E-state index < -0.39 is 5.60 Å². The number of rotatable bonds is 4. The molecule has 2 fully saturated rings. The first kappa shape index (κ1) is 13.7. The second-order valence-electron chi connectivity index (χ2n) is 5.73. The van der Waals surface area contributed by atoms with E-state index in [4.69, 9.17) is 4.74 Å². The van der Waals surface area contributed by atoms with Crippen LogP contribution in [-0.2, 0) is 4.74 Å². The van der Waals surface area contributed by atoms with Crippen LogP contribution in [0.15, 0.2) is 0 Å². The van der Waals surface area contributed by atoms with Gasteiger partial charge < -0.3 is 15.2 Å². The fourth-order valence-corrected chi connectivity index (χ4v) is 4.38. The molecule has 2 N–H and O–H groups in total. The fraction of sp³-hybridized carbons (Fsp3) is 1.00. The predicted octanol–water partition coefficient (Wildman–Crippen LogP) is 1.65. The third-order valence-electron chi connectivity index (χ3n) is 4.32. The smallest absolute Gasteiger partial charge is 0.0784 e. The molecule has 0 radical (unpaired) electrons. The van der Waals surface area contributed by atoms with E-state index in [2.05, 4.69) is 5.32 Å². The minimum Gasteiger partial charge on any atom is -0.390 e. The summed E-state index contributed by atoms with van der Waals surface area (Å²) in [7, 11) is 1.94. The number of hydrogen-bond donors (Lipinski definition) is 2. The SMILES string of the molecule is CNCCC(C)(O)C1CCOC2(CCSC2)C1. The first-order valence-corrected chi connectivity index (χ1v) is 7.82. The summed E-state index contributed by atoms with van der Waals surface area (Å²) in [6, 6.07) is 0. The van der Waals surface area contributed by atoms with Crippen molar-refractivity contribution in [1.29, 1.82) is 0 Å². The van der Waals surface area contributed by atoms with Gasteiger partial charge in [0, 0.05) is 12.4 Å². The highest BCUT2D eigenvalue weighted by Crippen LogP contribution is 2.43. The molecule has 2 heterocycles. The molecule has 17 heavy (non-hydrogen) atoms. The topological polar surface area (TPSA) is 41.5 Å². The van der Waals surface area contributed by atoms with Crippen LogP contribution < -0.4 is 5.32 Å². The molecule has 0 aromatic rings. The molecule has 2 saturated heterocycles. The number of nitrogens with one attached hydrogen (secondary N) is 1. The Hall–Kier alpha value is 0.230. The summed E-state index contributed by atoms with van der Waals surface area (Å²) < 4.78 is 6.01. The van der Waals surface area contributed by atoms with Crippen LogP contribution in [0.5, 0.6) is 0 Å². The van der Waals surface area contributed by atoms with Crippen LogP contribution in [0.3, 0.4) is 0 Å². The zero-order chi connectivity index (χ0) is 12.4. The molecule has 3 nitrogen and oxygen atoms in total. The van der Waals surface area contributed by atoms with Crippen LogP contribution in [0.25, 0.3) is 0 Å². The maximum atomic E-state index is 10.6. The summed E-state index contributed by atoms with van der Waals surface area (Å²) in [6.07, 6.45) is 4.04. The molecule has 0 aromatic carbocycles. The lowest BCUT2D eigenvalue weighted by atomic mass is 9.75. The lowest BCUT2D eigenvalue weighted by Crippen LogP contribution is -2.48. The summed E-state index contributed by atoms with van der Waals surface area (Å²) in [5.74, 6) is 2.72. The molecule has 1 spiro atoms. The highest BCUT2D eigenvalue weighted by molar-refractivity contribution is 7.99. The van der Waals surface area contributed by atoms with Crippen LogP contribution in [-0.4, -0.2) is 48.0 Å². The Balaban J connectivity index is 1.96. The molecule has 3 unspecified atom stereocenters. The van der Waals surface area contributed by atoms with Crippen molar-refractivity contribution >= 4 is 11.8 Å². The first-order valence-electron chi connectivity index (χ1n) is 6.67. The second kappa shape index (κ2) is 5.47. The predicted molar refractivity (Wildman–Crippen MR) is 72.5 cm³/mol. The Kier molecular flexibility index (Phi) is 4.40. The third-order valence-corrected chi connectivity index (χ3v) is 5.54. The van der Waals surface area contributed by atoms with Crippen molar-refractivity contribution in [3.05, 3.63) is 0 Å².